The number of nitrogens with zero attached hydrogens (tertiary/aromatic N) is 3. The van der Waals surface area contributed by atoms with Gasteiger partial charge in [0.15, 0.2) is 11.6 Å². The van der Waals surface area contributed by atoms with Crippen molar-refractivity contribution in [3.8, 4) is 5.69 Å². The number of nitrogens with two attached hydrogens (primary N) is 1. The molecule has 22 heavy (non-hydrogen) atoms. The van der Waals surface area contributed by atoms with Gasteiger partial charge in [0, 0.05) is 12.1 Å². The first-order valence-corrected chi connectivity index (χ1v) is 7.37. The van der Waals surface area contributed by atoms with Crippen LogP contribution in [0, 0.1) is 6.92 Å². The number of aryl methyl sites for hydroxylation is 1. The Morgan fingerprint density at radius 1 is 1.50 bits per heavy atom. The van der Waals surface area contributed by atoms with E-state index in [0.717, 1.165) is 17.7 Å². The van der Waals surface area contributed by atoms with Gasteiger partial charge in [-0.15, -0.1) is 0 Å². The van der Waals surface area contributed by atoms with E-state index < -0.39 is 5.91 Å². The molecule has 0 fully saturated rings. The van der Waals surface area contributed by atoms with Crippen LogP contribution in [-0.2, 0) is 16.0 Å². The van der Waals surface area contributed by atoms with Gasteiger partial charge < -0.3 is 10.5 Å². The minimum atomic E-state index is -0.470. The standard InChI is InChI=1S/C15H19ClN4O2/c1-4-12(22-3)15-18-14(8-13(17)21)19-20(15)11-6-5-10(16)7-9(11)2/h5-7,12H,4,8H2,1-3H3,(H2,17,21). The van der Waals surface area contributed by atoms with E-state index in [0.29, 0.717) is 16.7 Å². The monoisotopic (exact) mass is 322 g/mol. The minimum absolute atomic E-state index is 0.00716. The predicted octanol–water partition coefficient (Wildman–Crippen LogP) is 2.35. The molecule has 2 N–H and O–H groups in total. The summed E-state index contributed by atoms with van der Waals surface area (Å²) in [4.78, 5) is 15.6. The molecule has 2 aromatic rings. The maximum atomic E-state index is 11.1. The predicted molar refractivity (Wildman–Crippen MR) is 84.0 cm³/mol. The fourth-order valence-electron chi connectivity index (χ4n) is 2.30. The highest BCUT2D eigenvalue weighted by Gasteiger charge is 2.21. The van der Waals surface area contributed by atoms with Crippen molar-refractivity contribution in [2.45, 2.75) is 32.8 Å². The van der Waals surface area contributed by atoms with Crippen molar-refractivity contribution < 1.29 is 9.53 Å². The number of halogens is 1. The Balaban J connectivity index is 2.56. The zero-order valence-electron chi connectivity index (χ0n) is 12.8. The van der Waals surface area contributed by atoms with Gasteiger partial charge in [-0.1, -0.05) is 18.5 Å². The molecule has 118 valence electrons. The van der Waals surface area contributed by atoms with Crippen molar-refractivity contribution >= 4 is 17.5 Å². The number of aromatic nitrogens is 3. The molecule has 1 aromatic carbocycles. The van der Waals surface area contributed by atoms with Crippen molar-refractivity contribution in [1.82, 2.24) is 14.8 Å². The molecule has 1 unspecified atom stereocenters. The molecule has 2 rings (SSSR count). The zero-order chi connectivity index (χ0) is 16.3. The van der Waals surface area contributed by atoms with Gasteiger partial charge in [0.1, 0.15) is 6.10 Å². The number of carbonyl (C=O) groups is 1. The van der Waals surface area contributed by atoms with Crippen LogP contribution in [0.4, 0.5) is 0 Å². The summed E-state index contributed by atoms with van der Waals surface area (Å²) in [6.07, 6.45) is 0.508. The number of hydrogen-bond acceptors (Lipinski definition) is 4. The Bertz CT molecular complexity index is 680. The first-order valence-electron chi connectivity index (χ1n) is 6.99. The van der Waals surface area contributed by atoms with Crippen LogP contribution in [0.15, 0.2) is 18.2 Å². The number of benzene rings is 1. The topological polar surface area (TPSA) is 83.0 Å². The SMILES string of the molecule is CCC(OC)c1nc(CC(N)=O)nn1-c1ccc(Cl)cc1C. The van der Waals surface area contributed by atoms with Gasteiger partial charge >= 0.3 is 0 Å². The highest BCUT2D eigenvalue weighted by molar-refractivity contribution is 6.30. The molecule has 0 aliphatic carbocycles. The molecule has 0 aliphatic heterocycles. The van der Waals surface area contributed by atoms with Crippen LogP contribution < -0.4 is 5.73 Å². The highest BCUT2D eigenvalue weighted by atomic mass is 35.5. The van der Waals surface area contributed by atoms with Gasteiger partial charge in [-0.3, -0.25) is 4.79 Å². The molecule has 0 saturated carbocycles. The molecule has 1 amide bonds. The maximum Gasteiger partial charge on any atom is 0.225 e. The number of hydrogen-bond donors (Lipinski definition) is 1. The molecule has 1 heterocycles. The Morgan fingerprint density at radius 2 is 2.23 bits per heavy atom. The van der Waals surface area contributed by atoms with Gasteiger partial charge in [-0.2, -0.15) is 5.10 Å². The second-order valence-corrected chi connectivity index (χ2v) is 5.44. The smallest absolute Gasteiger partial charge is 0.225 e. The molecule has 0 radical (unpaired) electrons. The maximum absolute atomic E-state index is 11.1. The number of amides is 1. The van der Waals surface area contributed by atoms with Crippen molar-refractivity contribution in [2.24, 2.45) is 5.73 Å². The van der Waals surface area contributed by atoms with Crippen molar-refractivity contribution in [1.29, 1.82) is 0 Å². The third kappa shape index (κ3) is 3.45. The summed E-state index contributed by atoms with van der Waals surface area (Å²) in [5, 5.41) is 5.06. The normalized spacial score (nSPS) is 12.4. The fourth-order valence-corrected chi connectivity index (χ4v) is 2.52. The molecular formula is C15H19ClN4O2. The van der Waals surface area contributed by atoms with E-state index in [2.05, 4.69) is 10.1 Å². The molecule has 1 aromatic heterocycles. The molecule has 1 atom stereocenters. The summed E-state index contributed by atoms with van der Waals surface area (Å²) in [6, 6.07) is 5.51. The van der Waals surface area contributed by atoms with E-state index in [4.69, 9.17) is 22.1 Å². The van der Waals surface area contributed by atoms with Crippen LogP contribution in [0.2, 0.25) is 5.02 Å². The Hall–Kier alpha value is -1.92. The Kier molecular flexibility index (Phi) is 5.15. The molecule has 6 nitrogen and oxygen atoms in total. The van der Waals surface area contributed by atoms with Gasteiger partial charge in [-0.05, 0) is 37.1 Å². The number of ether oxygens (including phenoxy) is 1. The summed E-state index contributed by atoms with van der Waals surface area (Å²) >= 11 is 6.00. The average molecular weight is 323 g/mol. The third-order valence-electron chi connectivity index (χ3n) is 3.34. The van der Waals surface area contributed by atoms with Crippen molar-refractivity contribution in [2.75, 3.05) is 7.11 Å². The summed E-state index contributed by atoms with van der Waals surface area (Å²) in [6.45, 7) is 3.93. The summed E-state index contributed by atoms with van der Waals surface area (Å²) < 4.78 is 7.16. The van der Waals surface area contributed by atoms with Crippen LogP contribution in [0.3, 0.4) is 0 Å². The van der Waals surface area contributed by atoms with E-state index in [1.165, 1.54) is 0 Å². The summed E-state index contributed by atoms with van der Waals surface area (Å²) in [5.41, 5.74) is 7.04. The second kappa shape index (κ2) is 6.89. The van der Waals surface area contributed by atoms with Gasteiger partial charge in [0.25, 0.3) is 0 Å². The van der Waals surface area contributed by atoms with Crippen LogP contribution in [0.25, 0.3) is 5.69 Å². The lowest BCUT2D eigenvalue weighted by atomic mass is 10.2. The highest BCUT2D eigenvalue weighted by Crippen LogP contribution is 2.25. The first-order chi connectivity index (χ1) is 10.5. The summed E-state index contributed by atoms with van der Waals surface area (Å²) in [7, 11) is 1.62. The van der Waals surface area contributed by atoms with Crippen LogP contribution in [0.1, 0.15) is 36.7 Å². The lowest BCUT2D eigenvalue weighted by Gasteiger charge is -2.15. The van der Waals surface area contributed by atoms with E-state index >= 15 is 0 Å². The van der Waals surface area contributed by atoms with Crippen LogP contribution in [-0.4, -0.2) is 27.8 Å². The average Bonchev–Trinajstić information content (AvgIpc) is 2.83. The van der Waals surface area contributed by atoms with Gasteiger partial charge in [0.2, 0.25) is 5.91 Å². The Labute approximate surface area is 134 Å². The number of rotatable bonds is 6. The van der Waals surface area contributed by atoms with Gasteiger partial charge in [-0.25, -0.2) is 9.67 Å². The van der Waals surface area contributed by atoms with E-state index in [1.54, 1.807) is 17.9 Å². The summed E-state index contributed by atoms with van der Waals surface area (Å²) in [5.74, 6) is 0.556. The molecule has 0 bridgehead atoms. The zero-order valence-corrected chi connectivity index (χ0v) is 13.6. The minimum Gasteiger partial charge on any atom is -0.373 e. The fraction of sp³-hybridized carbons (Fsp3) is 0.400. The van der Waals surface area contributed by atoms with E-state index in [-0.39, 0.29) is 12.5 Å². The quantitative estimate of drug-likeness (QED) is 0.885. The lowest BCUT2D eigenvalue weighted by molar-refractivity contribution is -0.117. The Morgan fingerprint density at radius 3 is 2.77 bits per heavy atom. The van der Waals surface area contributed by atoms with Crippen molar-refractivity contribution in [3.63, 3.8) is 0 Å². The largest absolute Gasteiger partial charge is 0.373 e. The van der Waals surface area contributed by atoms with E-state index in [1.807, 2.05) is 26.0 Å². The second-order valence-electron chi connectivity index (χ2n) is 5.00. The molecule has 7 heteroatoms. The molecular weight excluding hydrogens is 304 g/mol. The first kappa shape index (κ1) is 16.5. The van der Waals surface area contributed by atoms with E-state index in [9.17, 15) is 4.79 Å². The van der Waals surface area contributed by atoms with Crippen LogP contribution >= 0.6 is 11.6 Å². The molecule has 0 spiro atoms. The lowest BCUT2D eigenvalue weighted by Crippen LogP contribution is -2.14. The molecule has 0 saturated heterocycles. The number of primary amides is 1. The number of carbonyl (C=O) groups excluding carboxylic acids is 1. The van der Waals surface area contributed by atoms with Gasteiger partial charge in [0.05, 0.1) is 12.1 Å². The van der Waals surface area contributed by atoms with Crippen molar-refractivity contribution in [3.05, 3.63) is 40.4 Å². The molecule has 0 aliphatic rings. The van der Waals surface area contributed by atoms with Crippen LogP contribution in [0.5, 0.6) is 0 Å². The number of methoxy groups -OCH3 is 1. The third-order valence-corrected chi connectivity index (χ3v) is 3.57.